The van der Waals surface area contributed by atoms with Crippen LogP contribution in [0.1, 0.15) is 63.5 Å². The van der Waals surface area contributed by atoms with Gasteiger partial charge in [0.05, 0.1) is 18.5 Å². The maximum Gasteiger partial charge on any atom is 0.279 e. The topological polar surface area (TPSA) is 105 Å². The summed E-state index contributed by atoms with van der Waals surface area (Å²) < 4.78 is 60.9. The van der Waals surface area contributed by atoms with Crippen LogP contribution in [0.4, 0.5) is 0 Å². The predicted octanol–water partition coefficient (Wildman–Crippen LogP) is 2.63. The number of hydrogen-bond acceptors (Lipinski definition) is 5. The maximum atomic E-state index is 12.4. The Kier molecular flexibility index (Phi) is 9.94. The first-order valence-corrected chi connectivity index (χ1v) is 15.5. The van der Waals surface area contributed by atoms with Gasteiger partial charge in [0.15, 0.2) is 0 Å². The molecule has 0 spiro atoms. The predicted molar refractivity (Wildman–Crippen MR) is 135 cm³/mol. The number of morpholine rings is 1. The van der Waals surface area contributed by atoms with Crippen LogP contribution < -0.4 is 9.44 Å². The second-order valence-electron chi connectivity index (χ2n) is 9.93. The highest BCUT2D eigenvalue weighted by atomic mass is 32.2. The minimum Gasteiger partial charge on any atom is -0.379 e. The van der Waals surface area contributed by atoms with Gasteiger partial charge in [0.1, 0.15) is 0 Å². The van der Waals surface area contributed by atoms with Gasteiger partial charge in [0.25, 0.3) is 10.2 Å². The average Bonchev–Trinajstić information content (AvgIpc) is 2.83. The van der Waals surface area contributed by atoms with Gasteiger partial charge in [-0.1, -0.05) is 31.2 Å². The molecule has 1 unspecified atom stereocenters. The van der Waals surface area contributed by atoms with Gasteiger partial charge in [0, 0.05) is 26.2 Å². The molecule has 1 aromatic rings. The molecule has 34 heavy (non-hydrogen) atoms. The zero-order valence-electron chi connectivity index (χ0n) is 20.7. The number of sulfonamides is 1. The minimum absolute atomic E-state index is 0.332. The summed E-state index contributed by atoms with van der Waals surface area (Å²) in [5, 5.41) is -0.400. The lowest BCUT2D eigenvalue weighted by atomic mass is 9.74. The number of rotatable bonds is 11. The van der Waals surface area contributed by atoms with E-state index >= 15 is 0 Å². The van der Waals surface area contributed by atoms with Crippen molar-refractivity contribution in [1.29, 1.82) is 0 Å². The molecule has 10 heteroatoms. The normalized spacial score (nSPS) is 23.8. The highest BCUT2D eigenvalue weighted by Crippen LogP contribution is 2.38. The van der Waals surface area contributed by atoms with Gasteiger partial charge in [0.2, 0.25) is 10.0 Å². The van der Waals surface area contributed by atoms with E-state index in [9.17, 15) is 16.8 Å². The van der Waals surface area contributed by atoms with Crippen LogP contribution in [0.15, 0.2) is 24.3 Å². The van der Waals surface area contributed by atoms with E-state index in [-0.39, 0.29) is 0 Å². The Morgan fingerprint density at radius 2 is 1.56 bits per heavy atom. The van der Waals surface area contributed by atoms with Crippen LogP contribution in [0.3, 0.4) is 0 Å². The molecule has 8 nitrogen and oxygen atoms in total. The fraction of sp³-hybridized carbons (Fsp3) is 0.750. The Balaban J connectivity index is 1.41. The average molecular weight is 516 g/mol. The Hall–Kier alpha value is -1.04. The van der Waals surface area contributed by atoms with Gasteiger partial charge >= 0.3 is 0 Å². The Morgan fingerprint density at radius 1 is 0.941 bits per heavy atom. The van der Waals surface area contributed by atoms with E-state index in [1.54, 1.807) is 13.8 Å². The number of nitrogens with zero attached hydrogens (tertiary/aromatic N) is 1. The lowest BCUT2D eigenvalue weighted by Gasteiger charge is -2.32. The SMILES string of the molecule is CC(CNS(=O)(=O)C(C)C)C1CCC(c2ccc(CCNS(=O)(=O)N3CCOCC3)cc2)CC1. The van der Waals surface area contributed by atoms with E-state index in [0.717, 1.165) is 31.2 Å². The molecule has 1 aliphatic heterocycles. The minimum atomic E-state index is -3.44. The molecule has 1 saturated carbocycles. The van der Waals surface area contributed by atoms with E-state index in [0.29, 0.717) is 63.6 Å². The molecule has 1 aliphatic carbocycles. The largest absolute Gasteiger partial charge is 0.379 e. The van der Waals surface area contributed by atoms with E-state index in [1.165, 1.54) is 9.87 Å². The van der Waals surface area contributed by atoms with Crippen molar-refractivity contribution in [3.63, 3.8) is 0 Å². The molecule has 1 aromatic carbocycles. The lowest BCUT2D eigenvalue weighted by molar-refractivity contribution is 0.0725. The highest BCUT2D eigenvalue weighted by Gasteiger charge is 2.27. The highest BCUT2D eigenvalue weighted by molar-refractivity contribution is 7.90. The van der Waals surface area contributed by atoms with Crippen LogP contribution in [-0.2, 0) is 31.4 Å². The van der Waals surface area contributed by atoms with Crippen LogP contribution in [-0.4, -0.2) is 65.8 Å². The summed E-state index contributed by atoms with van der Waals surface area (Å²) in [4.78, 5) is 0. The number of ether oxygens (including phenoxy) is 1. The summed E-state index contributed by atoms with van der Waals surface area (Å²) in [7, 11) is -6.65. The first-order valence-electron chi connectivity index (χ1n) is 12.5. The molecule has 1 atom stereocenters. The summed E-state index contributed by atoms with van der Waals surface area (Å²) in [6.45, 7) is 8.14. The van der Waals surface area contributed by atoms with Crippen molar-refractivity contribution < 1.29 is 21.6 Å². The smallest absolute Gasteiger partial charge is 0.279 e. The molecule has 0 radical (unpaired) electrons. The summed E-state index contributed by atoms with van der Waals surface area (Å²) in [6.07, 6.45) is 5.11. The lowest BCUT2D eigenvalue weighted by Crippen LogP contribution is -2.47. The fourth-order valence-corrected chi connectivity index (χ4v) is 6.76. The van der Waals surface area contributed by atoms with Crippen molar-refractivity contribution in [2.45, 2.75) is 64.0 Å². The molecule has 2 N–H and O–H groups in total. The summed E-state index contributed by atoms with van der Waals surface area (Å²) in [6, 6.07) is 8.57. The van der Waals surface area contributed by atoms with E-state index < -0.39 is 25.5 Å². The maximum absolute atomic E-state index is 12.4. The van der Waals surface area contributed by atoms with E-state index in [2.05, 4.69) is 40.6 Å². The molecule has 3 rings (SSSR count). The number of hydrogen-bond donors (Lipinski definition) is 2. The molecule has 1 heterocycles. The van der Waals surface area contributed by atoms with Crippen molar-refractivity contribution in [3.8, 4) is 0 Å². The van der Waals surface area contributed by atoms with Gasteiger partial charge in [-0.05, 0) is 74.8 Å². The van der Waals surface area contributed by atoms with Crippen LogP contribution in [0.5, 0.6) is 0 Å². The Labute approximate surface area is 206 Å². The van der Waals surface area contributed by atoms with Crippen molar-refractivity contribution in [2.24, 2.45) is 11.8 Å². The number of nitrogens with one attached hydrogen (secondary N) is 2. The molecule has 194 valence electrons. The molecule has 0 amide bonds. The Bertz CT molecular complexity index is 966. The third-order valence-corrected chi connectivity index (χ3v) is 10.7. The summed E-state index contributed by atoms with van der Waals surface area (Å²) in [5.74, 6) is 1.41. The zero-order valence-corrected chi connectivity index (χ0v) is 22.3. The van der Waals surface area contributed by atoms with Crippen LogP contribution >= 0.6 is 0 Å². The van der Waals surface area contributed by atoms with Crippen LogP contribution in [0, 0.1) is 11.8 Å². The summed E-state index contributed by atoms with van der Waals surface area (Å²) >= 11 is 0. The third kappa shape index (κ3) is 7.73. The second kappa shape index (κ2) is 12.3. The third-order valence-electron chi connectivity index (χ3n) is 7.26. The van der Waals surface area contributed by atoms with Crippen molar-refractivity contribution in [2.75, 3.05) is 39.4 Å². The molecular formula is C24H41N3O5S2. The summed E-state index contributed by atoms with van der Waals surface area (Å²) in [5.41, 5.74) is 2.46. The number of benzene rings is 1. The van der Waals surface area contributed by atoms with Gasteiger partial charge in [-0.15, -0.1) is 0 Å². The van der Waals surface area contributed by atoms with Crippen LogP contribution in [0.25, 0.3) is 0 Å². The molecule has 2 fully saturated rings. The zero-order chi connectivity index (χ0) is 24.8. The van der Waals surface area contributed by atoms with Crippen molar-refractivity contribution in [3.05, 3.63) is 35.4 Å². The molecule has 0 aromatic heterocycles. The van der Waals surface area contributed by atoms with Crippen molar-refractivity contribution in [1.82, 2.24) is 13.7 Å². The van der Waals surface area contributed by atoms with Gasteiger partial charge < -0.3 is 4.74 Å². The molecule has 1 saturated heterocycles. The second-order valence-corrected chi connectivity index (χ2v) is 14.0. The first-order chi connectivity index (χ1) is 16.1. The van der Waals surface area contributed by atoms with Gasteiger partial charge in [-0.3, -0.25) is 0 Å². The standard InChI is InChI=1S/C24H41N3O5S2/c1-19(2)33(28,29)26-18-20(3)22-8-10-24(11-9-22)23-6-4-21(5-7-23)12-13-25-34(30,31)27-14-16-32-17-15-27/h4-7,19-20,22,24-26H,8-18H2,1-3H3. The van der Waals surface area contributed by atoms with E-state index in [1.807, 2.05) is 0 Å². The fourth-order valence-electron chi connectivity index (χ4n) is 4.76. The molecular weight excluding hydrogens is 474 g/mol. The quantitative estimate of drug-likeness (QED) is 0.471. The monoisotopic (exact) mass is 515 g/mol. The van der Waals surface area contributed by atoms with Gasteiger partial charge in [-0.25, -0.2) is 17.9 Å². The van der Waals surface area contributed by atoms with Crippen molar-refractivity contribution >= 4 is 20.2 Å². The Morgan fingerprint density at radius 3 is 2.15 bits per heavy atom. The molecule has 0 bridgehead atoms. The van der Waals surface area contributed by atoms with Crippen LogP contribution in [0.2, 0.25) is 0 Å². The van der Waals surface area contributed by atoms with Gasteiger partial charge in [-0.2, -0.15) is 12.7 Å². The first kappa shape index (κ1) is 27.5. The molecule has 2 aliphatic rings. The van der Waals surface area contributed by atoms with E-state index in [4.69, 9.17) is 4.74 Å².